The number of hydrogen-bond acceptors (Lipinski definition) is 2. The summed E-state index contributed by atoms with van der Waals surface area (Å²) in [5, 5.41) is 0. The van der Waals surface area contributed by atoms with Crippen LogP contribution in [0.15, 0.2) is 30.7 Å². The first-order valence-electron chi connectivity index (χ1n) is 3.52. The molecule has 0 bridgehead atoms. The van der Waals surface area contributed by atoms with Gasteiger partial charge < -0.3 is 10.1 Å². The Hall–Kier alpha value is -1.35. The van der Waals surface area contributed by atoms with Crippen molar-refractivity contribution in [3.63, 3.8) is 0 Å². The number of hydrogen-bond donors (Lipinski definition) is 1. The van der Waals surface area contributed by atoms with Crippen LogP contribution in [0.25, 0.3) is 5.65 Å². The van der Waals surface area contributed by atoms with E-state index in [0.717, 1.165) is 11.2 Å². The maximum atomic E-state index is 5.47. The van der Waals surface area contributed by atoms with Crippen LogP contribution in [0.5, 0.6) is 0 Å². The monoisotopic (exact) mass is 147 g/mol. The first-order valence-corrected chi connectivity index (χ1v) is 3.52. The van der Waals surface area contributed by atoms with Crippen LogP contribution in [-0.4, -0.2) is 9.38 Å². The van der Waals surface area contributed by atoms with Crippen molar-refractivity contribution in [2.45, 2.75) is 6.54 Å². The van der Waals surface area contributed by atoms with Gasteiger partial charge in [0.1, 0.15) is 5.65 Å². The highest BCUT2D eigenvalue weighted by Crippen LogP contribution is 2.05. The predicted octanol–water partition coefficient (Wildman–Crippen LogP) is 0.793. The summed E-state index contributed by atoms with van der Waals surface area (Å²) in [4.78, 5) is 4.16. The zero-order valence-corrected chi connectivity index (χ0v) is 6.07. The Bertz CT molecular complexity index is 331. The normalized spacial score (nSPS) is 10.6. The lowest BCUT2D eigenvalue weighted by atomic mass is 10.3. The molecule has 56 valence electrons. The molecule has 0 unspecified atom stereocenters. The van der Waals surface area contributed by atoms with E-state index in [4.69, 9.17) is 5.73 Å². The highest BCUT2D eigenvalue weighted by molar-refractivity contribution is 5.42. The summed E-state index contributed by atoms with van der Waals surface area (Å²) in [5.74, 6) is 0. The first-order chi connectivity index (χ1) is 5.40. The van der Waals surface area contributed by atoms with Gasteiger partial charge in [-0.25, -0.2) is 4.98 Å². The summed E-state index contributed by atoms with van der Waals surface area (Å²) in [6.45, 7) is 0.573. The van der Waals surface area contributed by atoms with Crippen LogP contribution in [0.4, 0.5) is 0 Å². The number of nitrogens with two attached hydrogens (primary N) is 1. The number of aromatic nitrogens is 2. The Morgan fingerprint density at radius 2 is 2.45 bits per heavy atom. The molecule has 3 nitrogen and oxygen atoms in total. The molecule has 0 fully saturated rings. The second-order valence-electron chi connectivity index (χ2n) is 2.44. The van der Waals surface area contributed by atoms with Crippen molar-refractivity contribution in [3.8, 4) is 0 Å². The molecule has 0 aliphatic carbocycles. The minimum Gasteiger partial charge on any atom is -0.326 e. The fourth-order valence-electron chi connectivity index (χ4n) is 1.11. The van der Waals surface area contributed by atoms with Gasteiger partial charge in [-0.2, -0.15) is 0 Å². The van der Waals surface area contributed by atoms with E-state index in [1.165, 1.54) is 0 Å². The van der Waals surface area contributed by atoms with Gasteiger partial charge >= 0.3 is 0 Å². The van der Waals surface area contributed by atoms with Gasteiger partial charge in [0.2, 0.25) is 0 Å². The Labute approximate surface area is 64.5 Å². The Balaban J connectivity index is 2.69. The molecule has 0 aromatic carbocycles. The van der Waals surface area contributed by atoms with E-state index in [0.29, 0.717) is 6.54 Å². The van der Waals surface area contributed by atoms with Crippen LogP contribution >= 0.6 is 0 Å². The van der Waals surface area contributed by atoms with E-state index < -0.39 is 0 Å². The highest BCUT2D eigenvalue weighted by atomic mass is 15.0. The summed E-state index contributed by atoms with van der Waals surface area (Å²) in [7, 11) is 0. The van der Waals surface area contributed by atoms with Crippen molar-refractivity contribution >= 4 is 5.65 Å². The average Bonchev–Trinajstić information content (AvgIpc) is 2.46. The van der Waals surface area contributed by atoms with Gasteiger partial charge in [-0.1, -0.05) is 0 Å². The number of rotatable bonds is 1. The molecule has 0 amide bonds. The Morgan fingerprint density at radius 1 is 1.55 bits per heavy atom. The van der Waals surface area contributed by atoms with Crippen LogP contribution in [0.3, 0.4) is 0 Å². The van der Waals surface area contributed by atoms with Crippen LogP contribution in [-0.2, 0) is 6.54 Å². The van der Waals surface area contributed by atoms with Crippen molar-refractivity contribution in [2.24, 2.45) is 5.73 Å². The summed E-state index contributed by atoms with van der Waals surface area (Å²) in [6.07, 6.45) is 5.72. The zero-order valence-electron chi connectivity index (χ0n) is 6.07. The first kappa shape index (κ1) is 6.37. The summed E-state index contributed by atoms with van der Waals surface area (Å²) in [5.41, 5.74) is 7.54. The van der Waals surface area contributed by atoms with Crippen LogP contribution in [0.1, 0.15) is 5.56 Å². The maximum Gasteiger partial charge on any atom is 0.136 e. The number of nitrogens with zero attached hydrogens (tertiary/aromatic N) is 2. The molecule has 0 atom stereocenters. The fraction of sp³-hybridized carbons (Fsp3) is 0.125. The van der Waals surface area contributed by atoms with E-state index in [1.807, 2.05) is 28.9 Å². The molecule has 2 aromatic heterocycles. The molecule has 11 heavy (non-hydrogen) atoms. The standard InChI is InChI=1S/C8H9N3/c9-5-7-4-8-10-2-1-3-11(8)6-7/h1-4,6H,5,9H2. The van der Waals surface area contributed by atoms with E-state index in [-0.39, 0.29) is 0 Å². The van der Waals surface area contributed by atoms with Gasteiger partial charge in [0, 0.05) is 25.1 Å². The molecule has 0 aliphatic heterocycles. The van der Waals surface area contributed by atoms with Gasteiger partial charge in [-0.05, 0) is 17.7 Å². The summed E-state index contributed by atoms with van der Waals surface area (Å²) >= 11 is 0. The number of fused-ring (bicyclic) bond motifs is 1. The molecular formula is C8H9N3. The molecule has 0 spiro atoms. The van der Waals surface area contributed by atoms with Crippen molar-refractivity contribution in [3.05, 3.63) is 36.3 Å². The zero-order chi connectivity index (χ0) is 7.68. The van der Waals surface area contributed by atoms with Crippen molar-refractivity contribution < 1.29 is 0 Å². The van der Waals surface area contributed by atoms with Crippen molar-refractivity contribution in [1.29, 1.82) is 0 Å². The van der Waals surface area contributed by atoms with Gasteiger partial charge in [0.05, 0.1) is 0 Å². The van der Waals surface area contributed by atoms with Crippen LogP contribution in [0.2, 0.25) is 0 Å². The predicted molar refractivity (Wildman–Crippen MR) is 43.1 cm³/mol. The smallest absolute Gasteiger partial charge is 0.136 e. The summed E-state index contributed by atoms with van der Waals surface area (Å²) < 4.78 is 1.96. The molecule has 3 heteroatoms. The van der Waals surface area contributed by atoms with Gasteiger partial charge in [-0.3, -0.25) is 0 Å². The summed E-state index contributed by atoms with van der Waals surface area (Å²) in [6, 6.07) is 3.88. The molecule has 0 aliphatic rings. The van der Waals surface area contributed by atoms with E-state index in [1.54, 1.807) is 6.20 Å². The van der Waals surface area contributed by atoms with Crippen LogP contribution in [0, 0.1) is 0 Å². The minimum absolute atomic E-state index is 0.573. The van der Waals surface area contributed by atoms with Gasteiger partial charge in [0.25, 0.3) is 0 Å². The third-order valence-electron chi connectivity index (χ3n) is 1.66. The van der Waals surface area contributed by atoms with E-state index in [2.05, 4.69) is 4.98 Å². The second-order valence-corrected chi connectivity index (χ2v) is 2.44. The molecule has 0 radical (unpaired) electrons. The molecular weight excluding hydrogens is 138 g/mol. The topological polar surface area (TPSA) is 43.3 Å². The lowest BCUT2D eigenvalue weighted by Gasteiger charge is -1.87. The van der Waals surface area contributed by atoms with Crippen LogP contribution < -0.4 is 5.73 Å². The molecule has 2 aromatic rings. The SMILES string of the molecule is NCc1cc2ncccn2c1. The van der Waals surface area contributed by atoms with E-state index in [9.17, 15) is 0 Å². The molecule has 2 rings (SSSR count). The maximum absolute atomic E-state index is 5.47. The fourth-order valence-corrected chi connectivity index (χ4v) is 1.11. The van der Waals surface area contributed by atoms with Crippen molar-refractivity contribution in [1.82, 2.24) is 9.38 Å². The van der Waals surface area contributed by atoms with Gasteiger partial charge in [-0.15, -0.1) is 0 Å². The molecule has 0 saturated carbocycles. The molecule has 2 N–H and O–H groups in total. The Morgan fingerprint density at radius 3 is 3.18 bits per heavy atom. The highest BCUT2D eigenvalue weighted by Gasteiger charge is 1.95. The van der Waals surface area contributed by atoms with E-state index >= 15 is 0 Å². The minimum atomic E-state index is 0.573. The molecule has 0 saturated heterocycles. The lowest BCUT2D eigenvalue weighted by Crippen LogP contribution is -1.92. The Kier molecular flexibility index (Phi) is 1.36. The molecule has 2 heterocycles. The largest absolute Gasteiger partial charge is 0.326 e. The van der Waals surface area contributed by atoms with Gasteiger partial charge in [0.15, 0.2) is 0 Å². The third kappa shape index (κ3) is 0.991. The lowest BCUT2D eigenvalue weighted by molar-refractivity contribution is 1.06. The quantitative estimate of drug-likeness (QED) is 0.648. The third-order valence-corrected chi connectivity index (χ3v) is 1.66. The average molecular weight is 147 g/mol. The second kappa shape index (κ2) is 2.36. The van der Waals surface area contributed by atoms with Crippen molar-refractivity contribution in [2.75, 3.05) is 0 Å².